The Morgan fingerprint density at radius 1 is 0.786 bits per heavy atom. The van der Waals surface area contributed by atoms with E-state index >= 15 is 0 Å². The molecule has 0 spiro atoms. The summed E-state index contributed by atoms with van der Waals surface area (Å²) in [5, 5.41) is 5.14. The number of likely N-dealkylation sites (tertiary alicyclic amines) is 1. The fourth-order valence-corrected chi connectivity index (χ4v) is 3.20. The molecule has 0 atom stereocenters. The lowest BCUT2D eigenvalue weighted by molar-refractivity contribution is -0.136. The van der Waals surface area contributed by atoms with Crippen LogP contribution in [0.5, 0.6) is 0 Å². The molecule has 1 aliphatic heterocycles. The summed E-state index contributed by atoms with van der Waals surface area (Å²) in [6, 6.07) is 16.0. The molecule has 146 valence electrons. The lowest BCUT2D eigenvalue weighted by atomic mass is 10.1. The number of nitrogens with one attached hydrogen (secondary N) is 2. The van der Waals surface area contributed by atoms with Crippen LogP contribution in [-0.2, 0) is 16.1 Å². The van der Waals surface area contributed by atoms with Crippen molar-refractivity contribution in [1.82, 2.24) is 10.2 Å². The first-order valence-electron chi connectivity index (χ1n) is 9.66. The summed E-state index contributed by atoms with van der Waals surface area (Å²) in [5.74, 6) is -1.42. The summed E-state index contributed by atoms with van der Waals surface area (Å²) in [5.41, 5.74) is 1.99. The molecule has 3 rings (SSSR count). The van der Waals surface area contributed by atoms with Gasteiger partial charge in [0.15, 0.2) is 0 Å². The van der Waals surface area contributed by atoms with Gasteiger partial charge in [-0.25, -0.2) is 0 Å². The van der Waals surface area contributed by atoms with Crippen molar-refractivity contribution >= 4 is 23.4 Å². The highest BCUT2D eigenvalue weighted by molar-refractivity contribution is 6.39. The molecule has 6 nitrogen and oxygen atoms in total. The van der Waals surface area contributed by atoms with Gasteiger partial charge >= 0.3 is 11.8 Å². The van der Waals surface area contributed by atoms with Gasteiger partial charge in [-0.1, -0.05) is 43.2 Å². The highest BCUT2D eigenvalue weighted by atomic mass is 16.2. The number of amides is 3. The zero-order valence-corrected chi connectivity index (χ0v) is 15.8. The topological polar surface area (TPSA) is 78.5 Å². The van der Waals surface area contributed by atoms with Gasteiger partial charge in [0.1, 0.15) is 0 Å². The van der Waals surface area contributed by atoms with Crippen molar-refractivity contribution in [3.8, 4) is 0 Å². The molecule has 2 aromatic carbocycles. The first kappa shape index (κ1) is 19.6. The van der Waals surface area contributed by atoms with Gasteiger partial charge in [-0.15, -0.1) is 0 Å². The van der Waals surface area contributed by atoms with Gasteiger partial charge in [0, 0.05) is 30.9 Å². The Balaban J connectivity index is 1.52. The summed E-state index contributed by atoms with van der Waals surface area (Å²) in [6.45, 7) is 1.87. The van der Waals surface area contributed by atoms with E-state index in [0.717, 1.165) is 31.5 Å². The molecule has 1 saturated heterocycles. The molecule has 0 bridgehead atoms. The largest absolute Gasteiger partial charge is 0.344 e. The third-order valence-electron chi connectivity index (χ3n) is 4.79. The number of hydrogen-bond donors (Lipinski definition) is 2. The van der Waals surface area contributed by atoms with Crippen LogP contribution in [0.3, 0.4) is 0 Å². The normalized spacial score (nSPS) is 14.1. The van der Waals surface area contributed by atoms with Gasteiger partial charge < -0.3 is 15.5 Å². The quantitative estimate of drug-likeness (QED) is 0.802. The van der Waals surface area contributed by atoms with Crippen molar-refractivity contribution in [2.75, 3.05) is 18.4 Å². The first-order valence-corrected chi connectivity index (χ1v) is 9.66. The monoisotopic (exact) mass is 379 g/mol. The van der Waals surface area contributed by atoms with Crippen LogP contribution < -0.4 is 10.6 Å². The van der Waals surface area contributed by atoms with Gasteiger partial charge in [0.05, 0.1) is 0 Å². The third kappa shape index (κ3) is 5.42. The van der Waals surface area contributed by atoms with Gasteiger partial charge in [0.25, 0.3) is 5.91 Å². The van der Waals surface area contributed by atoms with E-state index in [1.807, 2.05) is 35.2 Å². The van der Waals surface area contributed by atoms with Crippen LogP contribution in [-0.4, -0.2) is 35.7 Å². The molecular weight excluding hydrogens is 354 g/mol. The summed E-state index contributed by atoms with van der Waals surface area (Å²) >= 11 is 0. The molecule has 2 N–H and O–H groups in total. The van der Waals surface area contributed by atoms with Crippen molar-refractivity contribution in [3.63, 3.8) is 0 Å². The van der Waals surface area contributed by atoms with E-state index < -0.39 is 11.8 Å². The predicted molar refractivity (Wildman–Crippen MR) is 108 cm³/mol. The molecule has 1 aliphatic rings. The van der Waals surface area contributed by atoms with E-state index in [1.165, 1.54) is 12.8 Å². The minimum Gasteiger partial charge on any atom is -0.344 e. The van der Waals surface area contributed by atoms with Crippen molar-refractivity contribution in [3.05, 3.63) is 65.7 Å². The lowest BCUT2D eigenvalue weighted by Crippen LogP contribution is -2.35. The standard InChI is InChI=1S/C22H25N3O3/c26-20(23-16-17-8-4-3-5-9-17)21(27)24-19-12-10-18(11-13-19)22(28)25-14-6-1-2-7-15-25/h3-5,8-13H,1-2,6-7,14-16H2,(H,23,26)(H,24,27). The van der Waals surface area contributed by atoms with Crippen molar-refractivity contribution < 1.29 is 14.4 Å². The Morgan fingerprint density at radius 3 is 2.07 bits per heavy atom. The van der Waals surface area contributed by atoms with Gasteiger partial charge in [-0.2, -0.15) is 0 Å². The van der Waals surface area contributed by atoms with Crippen molar-refractivity contribution in [2.24, 2.45) is 0 Å². The van der Waals surface area contributed by atoms with E-state index in [9.17, 15) is 14.4 Å². The molecule has 3 amide bonds. The SMILES string of the molecule is O=C(NCc1ccccc1)C(=O)Nc1ccc(C(=O)N2CCCCCC2)cc1. The number of carbonyl (C=O) groups is 3. The average Bonchev–Trinajstić information content (AvgIpc) is 3.02. The second-order valence-electron chi connectivity index (χ2n) is 6.91. The second kappa shape index (κ2) is 9.69. The Kier molecular flexibility index (Phi) is 6.78. The maximum atomic E-state index is 12.6. The molecule has 0 unspecified atom stereocenters. The van der Waals surface area contributed by atoms with E-state index in [1.54, 1.807) is 24.3 Å². The second-order valence-corrected chi connectivity index (χ2v) is 6.91. The zero-order valence-electron chi connectivity index (χ0n) is 15.8. The molecular formula is C22H25N3O3. The Bertz CT molecular complexity index is 811. The molecule has 1 heterocycles. The van der Waals surface area contributed by atoms with Crippen LogP contribution in [0, 0.1) is 0 Å². The number of anilines is 1. The van der Waals surface area contributed by atoms with Crippen LogP contribution in [0.15, 0.2) is 54.6 Å². The summed E-state index contributed by atoms with van der Waals surface area (Å²) in [6.07, 6.45) is 4.41. The van der Waals surface area contributed by atoms with E-state index in [4.69, 9.17) is 0 Å². The molecule has 0 radical (unpaired) electrons. The Hall–Kier alpha value is -3.15. The lowest BCUT2D eigenvalue weighted by Gasteiger charge is -2.20. The number of carbonyl (C=O) groups excluding carboxylic acids is 3. The van der Waals surface area contributed by atoms with Gasteiger partial charge in [-0.05, 0) is 42.7 Å². The summed E-state index contributed by atoms with van der Waals surface area (Å²) in [7, 11) is 0. The van der Waals surface area contributed by atoms with Gasteiger partial charge in [0.2, 0.25) is 0 Å². The smallest absolute Gasteiger partial charge is 0.313 e. The van der Waals surface area contributed by atoms with Crippen LogP contribution >= 0.6 is 0 Å². The summed E-state index contributed by atoms with van der Waals surface area (Å²) < 4.78 is 0. The number of nitrogens with zero attached hydrogens (tertiary/aromatic N) is 1. The fraction of sp³-hybridized carbons (Fsp3) is 0.318. The third-order valence-corrected chi connectivity index (χ3v) is 4.79. The molecule has 0 aliphatic carbocycles. The predicted octanol–water partition coefficient (Wildman–Crippen LogP) is 2.96. The molecule has 6 heteroatoms. The van der Waals surface area contributed by atoms with Crippen molar-refractivity contribution in [2.45, 2.75) is 32.2 Å². The molecule has 28 heavy (non-hydrogen) atoms. The average molecular weight is 379 g/mol. The first-order chi connectivity index (χ1) is 13.6. The zero-order chi connectivity index (χ0) is 19.8. The maximum Gasteiger partial charge on any atom is 0.313 e. The summed E-state index contributed by atoms with van der Waals surface area (Å²) in [4.78, 5) is 38.5. The van der Waals surface area contributed by atoms with Crippen LogP contribution in [0.4, 0.5) is 5.69 Å². The van der Waals surface area contributed by atoms with Crippen LogP contribution in [0.25, 0.3) is 0 Å². The van der Waals surface area contributed by atoms with Crippen LogP contribution in [0.2, 0.25) is 0 Å². The van der Waals surface area contributed by atoms with Crippen LogP contribution in [0.1, 0.15) is 41.6 Å². The molecule has 0 aromatic heterocycles. The van der Waals surface area contributed by atoms with Gasteiger partial charge in [-0.3, -0.25) is 14.4 Å². The van der Waals surface area contributed by atoms with Crippen molar-refractivity contribution in [1.29, 1.82) is 0 Å². The minimum atomic E-state index is -0.734. The van der Waals surface area contributed by atoms with E-state index in [0.29, 0.717) is 11.3 Å². The maximum absolute atomic E-state index is 12.6. The number of rotatable bonds is 4. The van der Waals surface area contributed by atoms with E-state index in [-0.39, 0.29) is 12.5 Å². The minimum absolute atomic E-state index is 0.0142. The number of hydrogen-bond acceptors (Lipinski definition) is 3. The number of benzene rings is 2. The highest BCUT2D eigenvalue weighted by Gasteiger charge is 2.18. The van der Waals surface area contributed by atoms with E-state index in [2.05, 4.69) is 10.6 Å². The Labute approximate surface area is 164 Å². The highest BCUT2D eigenvalue weighted by Crippen LogP contribution is 2.15. The molecule has 2 aromatic rings. The molecule has 1 fully saturated rings. The Morgan fingerprint density at radius 2 is 1.43 bits per heavy atom. The fourth-order valence-electron chi connectivity index (χ4n) is 3.20. The molecule has 0 saturated carbocycles.